The fourth-order valence-electron chi connectivity index (χ4n) is 3.22. The number of amides is 2. The maximum absolute atomic E-state index is 12.5. The Morgan fingerprint density at radius 2 is 1.79 bits per heavy atom. The lowest BCUT2D eigenvalue weighted by Crippen LogP contribution is -2.27. The van der Waals surface area contributed by atoms with Crippen LogP contribution in [-0.2, 0) is 4.79 Å². The Morgan fingerprint density at radius 1 is 1.07 bits per heavy atom. The molecule has 3 aromatic rings. The standard InChI is InChI=1S/C23H19BrN2O2S/c1-15-5-11-20(12-6-15)26-21(27)14-29-23(26)16-7-9-19(10-8-16)25-22(28)17-3-2-4-18(24)13-17/h2-13,23H,14H2,1H3,(H,25,28)/t23-/m0/s1. The van der Waals surface area contributed by atoms with Gasteiger partial charge in [-0.3, -0.25) is 14.5 Å². The third kappa shape index (κ3) is 4.38. The lowest BCUT2D eigenvalue weighted by atomic mass is 10.1. The molecule has 1 N–H and O–H groups in total. The summed E-state index contributed by atoms with van der Waals surface area (Å²) in [7, 11) is 0. The van der Waals surface area contributed by atoms with Crippen molar-refractivity contribution in [3.8, 4) is 0 Å². The molecule has 0 aliphatic carbocycles. The van der Waals surface area contributed by atoms with Crippen molar-refractivity contribution in [2.75, 3.05) is 16.0 Å². The van der Waals surface area contributed by atoms with E-state index in [1.807, 2.05) is 72.5 Å². The maximum Gasteiger partial charge on any atom is 0.255 e. The van der Waals surface area contributed by atoms with Gasteiger partial charge in [-0.2, -0.15) is 0 Å². The molecule has 3 aromatic carbocycles. The molecule has 4 rings (SSSR count). The fourth-order valence-corrected chi connectivity index (χ4v) is 4.80. The van der Waals surface area contributed by atoms with E-state index in [4.69, 9.17) is 0 Å². The Hall–Kier alpha value is -2.57. The Morgan fingerprint density at radius 3 is 2.48 bits per heavy atom. The van der Waals surface area contributed by atoms with Crippen LogP contribution in [0.4, 0.5) is 11.4 Å². The molecule has 146 valence electrons. The topological polar surface area (TPSA) is 49.4 Å². The van der Waals surface area contributed by atoms with Crippen molar-refractivity contribution in [1.29, 1.82) is 0 Å². The molecule has 1 heterocycles. The first-order valence-electron chi connectivity index (χ1n) is 9.18. The van der Waals surface area contributed by atoms with Gasteiger partial charge in [-0.15, -0.1) is 11.8 Å². The number of thioether (sulfide) groups is 1. The number of carbonyl (C=O) groups is 2. The van der Waals surface area contributed by atoms with E-state index >= 15 is 0 Å². The minimum Gasteiger partial charge on any atom is -0.322 e. The zero-order valence-electron chi connectivity index (χ0n) is 15.8. The first-order chi connectivity index (χ1) is 14.0. The van der Waals surface area contributed by atoms with Gasteiger partial charge in [0.1, 0.15) is 5.37 Å². The van der Waals surface area contributed by atoms with E-state index < -0.39 is 0 Å². The van der Waals surface area contributed by atoms with Crippen LogP contribution in [0.3, 0.4) is 0 Å². The molecule has 1 aliphatic rings. The van der Waals surface area contributed by atoms with E-state index in [2.05, 4.69) is 21.2 Å². The van der Waals surface area contributed by atoms with Gasteiger partial charge in [-0.25, -0.2) is 0 Å². The molecule has 0 saturated carbocycles. The summed E-state index contributed by atoms with van der Waals surface area (Å²) >= 11 is 4.99. The van der Waals surface area contributed by atoms with Crippen LogP contribution in [0, 0.1) is 6.92 Å². The molecule has 1 aliphatic heterocycles. The normalized spacial score (nSPS) is 16.1. The van der Waals surface area contributed by atoms with Gasteiger partial charge in [0.25, 0.3) is 5.91 Å². The predicted octanol–water partition coefficient (Wildman–Crippen LogP) is 5.79. The monoisotopic (exact) mass is 466 g/mol. The van der Waals surface area contributed by atoms with E-state index in [0.29, 0.717) is 11.3 Å². The van der Waals surface area contributed by atoms with Crippen LogP contribution >= 0.6 is 27.7 Å². The lowest BCUT2D eigenvalue weighted by Gasteiger charge is -2.24. The summed E-state index contributed by atoms with van der Waals surface area (Å²) in [4.78, 5) is 26.8. The van der Waals surface area contributed by atoms with Gasteiger partial charge in [-0.05, 0) is 55.0 Å². The quantitative estimate of drug-likeness (QED) is 0.529. The van der Waals surface area contributed by atoms with Crippen LogP contribution in [0.2, 0.25) is 0 Å². The van der Waals surface area contributed by atoms with Crippen LogP contribution in [0.25, 0.3) is 0 Å². The van der Waals surface area contributed by atoms with Crippen molar-refractivity contribution in [1.82, 2.24) is 0 Å². The van der Waals surface area contributed by atoms with Gasteiger partial charge in [0.15, 0.2) is 0 Å². The van der Waals surface area contributed by atoms with Crippen LogP contribution in [0.1, 0.15) is 26.9 Å². The molecule has 0 bridgehead atoms. The van der Waals surface area contributed by atoms with Gasteiger partial charge < -0.3 is 5.32 Å². The molecule has 29 heavy (non-hydrogen) atoms. The number of carbonyl (C=O) groups excluding carboxylic acids is 2. The molecule has 0 radical (unpaired) electrons. The molecule has 6 heteroatoms. The highest BCUT2D eigenvalue weighted by molar-refractivity contribution is 9.10. The number of nitrogens with zero attached hydrogens (tertiary/aromatic N) is 1. The number of benzene rings is 3. The van der Waals surface area contributed by atoms with Gasteiger partial charge in [0, 0.05) is 21.4 Å². The molecule has 2 amide bonds. The number of nitrogens with one attached hydrogen (secondary N) is 1. The van der Waals surface area contributed by atoms with E-state index in [9.17, 15) is 9.59 Å². The Kier molecular flexibility index (Phi) is 5.74. The van der Waals surface area contributed by atoms with Crippen molar-refractivity contribution in [2.45, 2.75) is 12.3 Å². The lowest BCUT2D eigenvalue weighted by molar-refractivity contribution is -0.115. The van der Waals surface area contributed by atoms with Crippen molar-refractivity contribution in [3.05, 3.63) is 94.0 Å². The minimum absolute atomic E-state index is 0.0694. The molecular weight excluding hydrogens is 448 g/mol. The van der Waals surface area contributed by atoms with E-state index in [1.165, 1.54) is 0 Å². The fraction of sp³-hybridized carbons (Fsp3) is 0.130. The number of aryl methyl sites for hydroxylation is 1. The minimum atomic E-state index is -0.161. The largest absolute Gasteiger partial charge is 0.322 e. The molecule has 0 aromatic heterocycles. The summed E-state index contributed by atoms with van der Waals surface area (Å²) in [6.45, 7) is 2.03. The summed E-state index contributed by atoms with van der Waals surface area (Å²) in [6.07, 6.45) is 0. The Bertz CT molecular complexity index is 1050. The number of hydrogen-bond acceptors (Lipinski definition) is 3. The Labute approximate surface area is 182 Å². The van der Waals surface area contributed by atoms with Crippen LogP contribution in [0.5, 0.6) is 0 Å². The number of hydrogen-bond donors (Lipinski definition) is 1. The number of anilines is 2. The van der Waals surface area contributed by atoms with E-state index in [-0.39, 0.29) is 17.2 Å². The summed E-state index contributed by atoms with van der Waals surface area (Å²) in [6, 6.07) is 23.0. The highest BCUT2D eigenvalue weighted by atomic mass is 79.9. The second-order valence-corrected chi connectivity index (χ2v) is 8.83. The third-order valence-corrected chi connectivity index (χ3v) is 6.43. The number of rotatable bonds is 4. The molecular formula is C23H19BrN2O2S. The summed E-state index contributed by atoms with van der Waals surface area (Å²) < 4.78 is 0.861. The van der Waals surface area contributed by atoms with Gasteiger partial charge in [0.2, 0.25) is 5.91 Å². The first-order valence-corrected chi connectivity index (χ1v) is 11.0. The summed E-state index contributed by atoms with van der Waals surface area (Å²) in [5.74, 6) is 0.404. The maximum atomic E-state index is 12.5. The van der Waals surface area contributed by atoms with Gasteiger partial charge in [-0.1, -0.05) is 51.8 Å². The Balaban J connectivity index is 1.51. The second kappa shape index (κ2) is 8.43. The highest BCUT2D eigenvalue weighted by Gasteiger charge is 2.33. The summed E-state index contributed by atoms with van der Waals surface area (Å²) in [5, 5.41) is 2.84. The zero-order chi connectivity index (χ0) is 20.4. The smallest absolute Gasteiger partial charge is 0.255 e. The van der Waals surface area contributed by atoms with E-state index in [1.54, 1.807) is 23.9 Å². The first kappa shape index (κ1) is 19.7. The van der Waals surface area contributed by atoms with Crippen molar-refractivity contribution in [2.24, 2.45) is 0 Å². The third-order valence-electron chi connectivity index (χ3n) is 4.72. The van der Waals surface area contributed by atoms with Crippen LogP contribution in [-0.4, -0.2) is 17.6 Å². The average Bonchev–Trinajstić information content (AvgIpc) is 3.10. The molecule has 0 unspecified atom stereocenters. The van der Waals surface area contributed by atoms with E-state index in [0.717, 1.165) is 27.0 Å². The zero-order valence-corrected chi connectivity index (χ0v) is 18.2. The molecule has 1 fully saturated rings. The van der Waals surface area contributed by atoms with Crippen molar-refractivity contribution in [3.63, 3.8) is 0 Å². The SMILES string of the molecule is Cc1ccc(N2C(=O)CS[C@H]2c2ccc(NC(=O)c3cccc(Br)c3)cc2)cc1. The second-order valence-electron chi connectivity index (χ2n) is 6.85. The number of halogens is 1. The van der Waals surface area contributed by atoms with Crippen molar-refractivity contribution < 1.29 is 9.59 Å². The van der Waals surface area contributed by atoms with Crippen LogP contribution < -0.4 is 10.2 Å². The molecule has 1 atom stereocenters. The average molecular weight is 467 g/mol. The summed E-state index contributed by atoms with van der Waals surface area (Å²) in [5.41, 5.74) is 4.40. The molecule has 4 nitrogen and oxygen atoms in total. The molecule has 1 saturated heterocycles. The predicted molar refractivity (Wildman–Crippen MR) is 122 cm³/mol. The van der Waals surface area contributed by atoms with Crippen molar-refractivity contribution >= 4 is 50.9 Å². The van der Waals surface area contributed by atoms with Gasteiger partial charge in [0.05, 0.1) is 5.75 Å². The van der Waals surface area contributed by atoms with Crippen LogP contribution in [0.15, 0.2) is 77.3 Å². The highest BCUT2D eigenvalue weighted by Crippen LogP contribution is 2.41. The molecule has 0 spiro atoms. The van der Waals surface area contributed by atoms with Gasteiger partial charge >= 0.3 is 0 Å².